The molecule has 0 aliphatic rings. The molecule has 7 heteroatoms. The largest absolute Gasteiger partial charge is 0.496 e. The lowest BCUT2D eigenvalue weighted by Crippen LogP contribution is -2.26. The number of aromatic nitrogens is 2. The molecule has 2 aromatic heterocycles. The summed E-state index contributed by atoms with van der Waals surface area (Å²) < 4.78 is 5.56. The highest BCUT2D eigenvalue weighted by Gasteiger charge is 2.16. The number of fused-ring (bicyclic) bond motifs is 2. The molecule has 0 bridgehead atoms. The van der Waals surface area contributed by atoms with Crippen molar-refractivity contribution in [3.8, 4) is 5.75 Å². The average Bonchev–Trinajstić information content (AvgIpc) is 3.32. The SMILES string of the molecule is COc1cc(NCCCNC(Cc2ccccc2)c2cc3c(Cl)cc(Cl)cc3[nH]2)nc2ccccc12. The Morgan fingerprint density at radius 2 is 1.72 bits per heavy atom. The molecule has 0 saturated carbocycles. The van der Waals surface area contributed by atoms with E-state index >= 15 is 0 Å². The zero-order valence-electron chi connectivity index (χ0n) is 20.0. The first-order valence-corrected chi connectivity index (χ1v) is 12.8. The highest BCUT2D eigenvalue weighted by molar-refractivity contribution is 6.38. The molecule has 0 aliphatic heterocycles. The third-order valence-corrected chi connectivity index (χ3v) is 6.81. The average molecular weight is 519 g/mol. The highest BCUT2D eigenvalue weighted by Crippen LogP contribution is 2.31. The number of hydrogen-bond acceptors (Lipinski definition) is 4. The van der Waals surface area contributed by atoms with Gasteiger partial charge >= 0.3 is 0 Å². The number of ether oxygens (including phenoxy) is 1. The topological polar surface area (TPSA) is 62.0 Å². The van der Waals surface area contributed by atoms with Gasteiger partial charge in [0.15, 0.2) is 0 Å². The van der Waals surface area contributed by atoms with Gasteiger partial charge in [0.2, 0.25) is 0 Å². The van der Waals surface area contributed by atoms with Gasteiger partial charge in [-0.05, 0) is 55.3 Å². The fraction of sp³-hybridized carbons (Fsp3) is 0.207. The van der Waals surface area contributed by atoms with Gasteiger partial charge in [-0.2, -0.15) is 0 Å². The van der Waals surface area contributed by atoms with Gasteiger partial charge < -0.3 is 20.4 Å². The lowest BCUT2D eigenvalue weighted by molar-refractivity contribution is 0.419. The summed E-state index contributed by atoms with van der Waals surface area (Å²) in [6.45, 7) is 1.62. The van der Waals surface area contributed by atoms with Crippen molar-refractivity contribution in [1.82, 2.24) is 15.3 Å². The number of para-hydroxylation sites is 1. The fourth-order valence-electron chi connectivity index (χ4n) is 4.50. The number of anilines is 1. The Labute approximate surface area is 220 Å². The van der Waals surface area contributed by atoms with Crippen molar-refractivity contribution in [2.45, 2.75) is 18.9 Å². The second-order valence-corrected chi connectivity index (χ2v) is 9.62. The van der Waals surface area contributed by atoms with E-state index in [0.717, 1.165) is 65.0 Å². The molecule has 0 saturated heterocycles. The molecule has 0 fully saturated rings. The number of halogens is 2. The molecule has 3 aromatic carbocycles. The Kier molecular flexibility index (Phi) is 7.61. The maximum absolute atomic E-state index is 6.45. The summed E-state index contributed by atoms with van der Waals surface area (Å²) in [6, 6.07) is 26.4. The minimum absolute atomic E-state index is 0.105. The molecule has 3 N–H and O–H groups in total. The summed E-state index contributed by atoms with van der Waals surface area (Å²) in [4.78, 5) is 8.24. The molecular weight excluding hydrogens is 491 g/mol. The highest BCUT2D eigenvalue weighted by atomic mass is 35.5. The molecule has 5 nitrogen and oxygen atoms in total. The van der Waals surface area contributed by atoms with E-state index in [4.69, 9.17) is 32.9 Å². The molecule has 0 aliphatic carbocycles. The maximum atomic E-state index is 6.45. The number of H-pyrrole nitrogens is 1. The molecule has 184 valence electrons. The molecule has 1 unspecified atom stereocenters. The third-order valence-electron chi connectivity index (χ3n) is 6.28. The second kappa shape index (κ2) is 11.2. The van der Waals surface area contributed by atoms with Crippen LogP contribution < -0.4 is 15.4 Å². The van der Waals surface area contributed by atoms with Crippen LogP contribution in [0, 0.1) is 0 Å². The van der Waals surface area contributed by atoms with E-state index in [9.17, 15) is 0 Å². The second-order valence-electron chi connectivity index (χ2n) is 8.78. The quantitative estimate of drug-likeness (QED) is 0.168. The molecule has 5 aromatic rings. The van der Waals surface area contributed by atoms with Crippen LogP contribution >= 0.6 is 23.2 Å². The lowest BCUT2D eigenvalue weighted by atomic mass is 10.0. The van der Waals surface area contributed by atoms with Crippen LogP contribution in [0.1, 0.15) is 23.7 Å². The molecule has 0 radical (unpaired) electrons. The smallest absolute Gasteiger partial charge is 0.131 e. The number of pyridine rings is 1. The van der Waals surface area contributed by atoms with Crippen LogP contribution in [-0.2, 0) is 6.42 Å². The van der Waals surface area contributed by atoms with Gasteiger partial charge in [-0.25, -0.2) is 4.98 Å². The van der Waals surface area contributed by atoms with Crippen LogP contribution in [0.4, 0.5) is 5.82 Å². The number of hydrogen-bond donors (Lipinski definition) is 3. The van der Waals surface area contributed by atoms with Crippen LogP contribution in [0.15, 0.2) is 78.9 Å². The van der Waals surface area contributed by atoms with Crippen molar-refractivity contribution in [1.29, 1.82) is 0 Å². The minimum Gasteiger partial charge on any atom is -0.496 e. The number of nitrogens with zero attached hydrogens (tertiary/aromatic N) is 1. The normalized spacial score (nSPS) is 12.2. The van der Waals surface area contributed by atoms with E-state index in [2.05, 4.69) is 45.9 Å². The predicted molar refractivity (Wildman–Crippen MR) is 151 cm³/mol. The van der Waals surface area contributed by atoms with E-state index in [0.29, 0.717) is 10.0 Å². The van der Waals surface area contributed by atoms with Gasteiger partial charge in [-0.1, -0.05) is 65.7 Å². The van der Waals surface area contributed by atoms with Crippen LogP contribution in [0.2, 0.25) is 10.0 Å². The monoisotopic (exact) mass is 518 g/mol. The first-order valence-electron chi connectivity index (χ1n) is 12.0. The zero-order valence-corrected chi connectivity index (χ0v) is 21.5. The number of methoxy groups -OCH3 is 1. The molecule has 36 heavy (non-hydrogen) atoms. The van der Waals surface area contributed by atoms with E-state index in [1.165, 1.54) is 5.56 Å². The Balaban J connectivity index is 1.26. The van der Waals surface area contributed by atoms with Gasteiger partial charge in [0.05, 0.1) is 23.7 Å². The molecule has 1 atom stereocenters. The third kappa shape index (κ3) is 5.59. The zero-order chi connectivity index (χ0) is 24.9. The number of nitrogens with one attached hydrogen (secondary N) is 3. The molecule has 5 rings (SSSR count). The summed E-state index contributed by atoms with van der Waals surface area (Å²) in [5.41, 5.74) is 4.22. The van der Waals surface area contributed by atoms with E-state index in [1.807, 2.05) is 42.5 Å². The number of benzene rings is 3. The summed E-state index contributed by atoms with van der Waals surface area (Å²) >= 11 is 12.7. The van der Waals surface area contributed by atoms with Crippen molar-refractivity contribution in [3.63, 3.8) is 0 Å². The van der Waals surface area contributed by atoms with Crippen molar-refractivity contribution >= 4 is 50.8 Å². The first kappa shape index (κ1) is 24.4. The van der Waals surface area contributed by atoms with Crippen molar-refractivity contribution in [2.75, 3.05) is 25.5 Å². The lowest BCUT2D eigenvalue weighted by Gasteiger charge is -2.18. The Bertz CT molecular complexity index is 1470. The molecular formula is C29H28Cl2N4O. The summed E-state index contributed by atoms with van der Waals surface area (Å²) in [5.74, 6) is 1.63. The standard InChI is InChI=1S/C29H28Cl2N4O/c1-36-28-18-29(35-24-11-6-5-10-21(24)28)33-13-7-12-32-26(14-19-8-3-2-4-9-19)27-17-22-23(31)15-20(30)16-25(22)34-27/h2-6,8-11,15-18,26,32,34H,7,12-14H2,1H3,(H,33,35). The Morgan fingerprint density at radius 1 is 0.917 bits per heavy atom. The van der Waals surface area contributed by atoms with Crippen LogP contribution in [-0.4, -0.2) is 30.2 Å². The van der Waals surface area contributed by atoms with Gasteiger partial charge in [0.25, 0.3) is 0 Å². The summed E-state index contributed by atoms with van der Waals surface area (Å²) in [7, 11) is 1.69. The predicted octanol–water partition coefficient (Wildman–Crippen LogP) is 7.41. The van der Waals surface area contributed by atoms with Crippen molar-refractivity contribution < 1.29 is 4.74 Å². The van der Waals surface area contributed by atoms with Crippen LogP contribution in [0.25, 0.3) is 21.8 Å². The summed E-state index contributed by atoms with van der Waals surface area (Å²) in [5, 5.41) is 10.4. The summed E-state index contributed by atoms with van der Waals surface area (Å²) in [6.07, 6.45) is 1.78. The maximum Gasteiger partial charge on any atom is 0.131 e. The number of rotatable bonds is 10. The van der Waals surface area contributed by atoms with E-state index in [-0.39, 0.29) is 6.04 Å². The van der Waals surface area contributed by atoms with Gasteiger partial charge in [-0.15, -0.1) is 0 Å². The molecule has 2 heterocycles. The number of aromatic amines is 1. The van der Waals surface area contributed by atoms with Crippen molar-refractivity contribution in [2.24, 2.45) is 0 Å². The van der Waals surface area contributed by atoms with Gasteiger partial charge in [0.1, 0.15) is 11.6 Å². The molecule has 0 spiro atoms. The molecule has 0 amide bonds. The Hall–Kier alpha value is -3.25. The van der Waals surface area contributed by atoms with Crippen molar-refractivity contribution in [3.05, 3.63) is 100 Å². The van der Waals surface area contributed by atoms with E-state index in [1.54, 1.807) is 13.2 Å². The first-order chi connectivity index (χ1) is 17.6. The Morgan fingerprint density at radius 3 is 2.56 bits per heavy atom. The fourth-order valence-corrected chi connectivity index (χ4v) is 5.04. The van der Waals surface area contributed by atoms with Gasteiger partial charge in [0, 0.05) is 39.6 Å². The van der Waals surface area contributed by atoms with E-state index < -0.39 is 0 Å². The van der Waals surface area contributed by atoms with Gasteiger partial charge in [-0.3, -0.25) is 0 Å². The van der Waals surface area contributed by atoms with Crippen LogP contribution in [0.5, 0.6) is 5.75 Å². The minimum atomic E-state index is 0.105. The van der Waals surface area contributed by atoms with Crippen LogP contribution in [0.3, 0.4) is 0 Å².